The number of thioether (sulfide) groups is 1. The van der Waals surface area contributed by atoms with E-state index >= 15 is 0 Å². The fourth-order valence-corrected chi connectivity index (χ4v) is 2.71. The summed E-state index contributed by atoms with van der Waals surface area (Å²) in [5.41, 5.74) is -1.42. The molecule has 0 aliphatic carbocycles. The van der Waals surface area contributed by atoms with Crippen molar-refractivity contribution in [2.45, 2.75) is 32.7 Å². The van der Waals surface area contributed by atoms with Crippen molar-refractivity contribution in [3.63, 3.8) is 0 Å². The molecule has 0 saturated carbocycles. The maximum absolute atomic E-state index is 11.5. The average molecular weight is 245 g/mol. The predicted octanol–water partition coefficient (Wildman–Crippen LogP) is 1.57. The number of aliphatic carboxylic acids is 1. The Labute approximate surface area is 98.2 Å². The van der Waals surface area contributed by atoms with Crippen molar-refractivity contribution in [2.75, 3.05) is 5.75 Å². The quantitative estimate of drug-likeness (QED) is 0.813. The Hall–Kier alpha value is -1.04. The van der Waals surface area contributed by atoms with Crippen LogP contribution >= 0.6 is 11.8 Å². The lowest BCUT2D eigenvalue weighted by atomic mass is 9.89. The van der Waals surface area contributed by atoms with E-state index in [0.29, 0.717) is 0 Å². The minimum atomic E-state index is -1.42. The molecule has 1 heterocycles. The predicted molar refractivity (Wildman–Crippen MR) is 60.2 cm³/mol. The van der Waals surface area contributed by atoms with Crippen molar-refractivity contribution < 1.29 is 19.5 Å². The maximum atomic E-state index is 11.5. The molecule has 90 valence electrons. The number of imide groups is 1. The van der Waals surface area contributed by atoms with Gasteiger partial charge in [0.25, 0.3) is 5.24 Å². The Morgan fingerprint density at radius 3 is 2.44 bits per heavy atom. The van der Waals surface area contributed by atoms with E-state index in [1.54, 1.807) is 0 Å². The van der Waals surface area contributed by atoms with Crippen molar-refractivity contribution in [3.05, 3.63) is 0 Å². The maximum Gasteiger partial charge on any atom is 0.329 e. The molecule has 1 aliphatic rings. The van der Waals surface area contributed by atoms with E-state index in [-0.39, 0.29) is 18.1 Å². The zero-order valence-electron chi connectivity index (χ0n) is 9.52. The molecule has 1 fully saturated rings. The normalized spacial score (nSPS) is 20.4. The van der Waals surface area contributed by atoms with Gasteiger partial charge in [0, 0.05) is 0 Å². The summed E-state index contributed by atoms with van der Waals surface area (Å²) in [7, 11) is 0. The number of nitrogens with zero attached hydrogens (tertiary/aromatic N) is 1. The van der Waals surface area contributed by atoms with E-state index in [9.17, 15) is 19.5 Å². The molecule has 1 atom stereocenters. The van der Waals surface area contributed by atoms with Crippen LogP contribution in [0.1, 0.15) is 27.2 Å². The van der Waals surface area contributed by atoms with Crippen molar-refractivity contribution in [2.24, 2.45) is 5.92 Å². The van der Waals surface area contributed by atoms with Gasteiger partial charge in [0.1, 0.15) is 5.54 Å². The topological polar surface area (TPSA) is 74.7 Å². The van der Waals surface area contributed by atoms with Gasteiger partial charge in [0.15, 0.2) is 0 Å². The Balaban J connectivity index is 3.05. The fraction of sp³-hybridized carbons (Fsp3) is 0.700. The molecule has 0 aromatic heterocycles. The fourth-order valence-electron chi connectivity index (χ4n) is 1.90. The summed E-state index contributed by atoms with van der Waals surface area (Å²) in [4.78, 5) is 35.2. The van der Waals surface area contributed by atoms with Gasteiger partial charge in [-0.15, -0.1) is 0 Å². The van der Waals surface area contributed by atoms with Gasteiger partial charge < -0.3 is 5.11 Å². The number of carboxylic acid groups (broad SMARTS) is 1. The number of carbonyl (C=O) groups is 3. The van der Waals surface area contributed by atoms with Crippen LogP contribution in [-0.4, -0.2) is 38.4 Å². The molecule has 1 saturated heterocycles. The van der Waals surface area contributed by atoms with Gasteiger partial charge >= 0.3 is 5.97 Å². The lowest BCUT2D eigenvalue weighted by molar-refractivity contribution is -0.154. The molecular weight excluding hydrogens is 230 g/mol. The van der Waals surface area contributed by atoms with E-state index < -0.39 is 22.7 Å². The summed E-state index contributed by atoms with van der Waals surface area (Å²) in [6, 6.07) is 0. The van der Waals surface area contributed by atoms with E-state index in [0.717, 1.165) is 16.7 Å². The third kappa shape index (κ3) is 2.21. The first-order valence-electron chi connectivity index (χ1n) is 5.02. The number of hydrogen-bond acceptors (Lipinski definition) is 4. The van der Waals surface area contributed by atoms with Crippen LogP contribution in [0, 0.1) is 5.92 Å². The van der Waals surface area contributed by atoms with Crippen LogP contribution in [0.5, 0.6) is 0 Å². The molecule has 2 amide bonds. The number of carbonyl (C=O) groups excluding carboxylic acids is 2. The molecular formula is C10H15NO4S. The highest BCUT2D eigenvalue weighted by molar-refractivity contribution is 8.14. The van der Waals surface area contributed by atoms with E-state index in [2.05, 4.69) is 0 Å². The lowest BCUT2D eigenvalue weighted by Gasteiger charge is -2.34. The largest absolute Gasteiger partial charge is 0.479 e. The number of hydrogen-bond donors (Lipinski definition) is 1. The lowest BCUT2D eigenvalue weighted by Crippen LogP contribution is -2.55. The second-order valence-corrected chi connectivity index (χ2v) is 5.39. The van der Waals surface area contributed by atoms with Crippen LogP contribution in [0.3, 0.4) is 0 Å². The molecule has 0 spiro atoms. The van der Waals surface area contributed by atoms with Crippen LogP contribution in [0.25, 0.3) is 0 Å². The first-order chi connectivity index (χ1) is 7.29. The monoisotopic (exact) mass is 245 g/mol. The minimum absolute atomic E-state index is 0.0415. The van der Waals surface area contributed by atoms with Crippen LogP contribution in [0.15, 0.2) is 0 Å². The SMILES string of the molecule is CC(C)CC(C)(C(=O)O)N1C(=O)CSC1=O. The summed E-state index contributed by atoms with van der Waals surface area (Å²) >= 11 is 0.859. The number of carboxylic acids is 1. The summed E-state index contributed by atoms with van der Waals surface area (Å²) in [6.45, 7) is 5.15. The summed E-state index contributed by atoms with van der Waals surface area (Å²) < 4.78 is 0. The number of amides is 2. The summed E-state index contributed by atoms with van der Waals surface area (Å²) in [5, 5.41) is 8.76. The highest BCUT2D eigenvalue weighted by Crippen LogP contribution is 2.32. The van der Waals surface area contributed by atoms with Gasteiger partial charge in [-0.3, -0.25) is 14.5 Å². The van der Waals surface area contributed by atoms with Gasteiger partial charge in [-0.25, -0.2) is 4.79 Å². The summed E-state index contributed by atoms with van der Waals surface area (Å²) in [5.74, 6) is -1.42. The van der Waals surface area contributed by atoms with Gasteiger partial charge in [-0.05, 0) is 19.3 Å². The van der Waals surface area contributed by atoms with Crippen LogP contribution < -0.4 is 0 Å². The van der Waals surface area contributed by atoms with Crippen molar-refractivity contribution in [3.8, 4) is 0 Å². The second kappa shape index (κ2) is 4.45. The molecule has 0 bridgehead atoms. The standard InChI is InChI=1S/C10H15NO4S/c1-6(2)4-10(3,8(13)14)11-7(12)5-16-9(11)15/h6H,4-5H2,1-3H3,(H,13,14). The van der Waals surface area contributed by atoms with Crippen molar-refractivity contribution in [1.82, 2.24) is 4.90 Å². The van der Waals surface area contributed by atoms with Gasteiger partial charge in [0.2, 0.25) is 5.91 Å². The highest BCUT2D eigenvalue weighted by atomic mass is 32.2. The average Bonchev–Trinajstić information content (AvgIpc) is 2.44. The van der Waals surface area contributed by atoms with Crippen LogP contribution in [0.4, 0.5) is 4.79 Å². The Morgan fingerprint density at radius 1 is 1.56 bits per heavy atom. The third-order valence-corrected chi connectivity index (χ3v) is 3.33. The molecule has 6 heteroatoms. The highest BCUT2D eigenvalue weighted by Gasteiger charge is 2.49. The van der Waals surface area contributed by atoms with E-state index in [1.165, 1.54) is 6.92 Å². The zero-order valence-corrected chi connectivity index (χ0v) is 10.3. The van der Waals surface area contributed by atoms with Gasteiger partial charge in [-0.1, -0.05) is 25.6 Å². The molecule has 1 N–H and O–H groups in total. The molecule has 1 aliphatic heterocycles. The van der Waals surface area contributed by atoms with Crippen molar-refractivity contribution in [1.29, 1.82) is 0 Å². The Kier molecular flexibility index (Phi) is 3.62. The number of rotatable bonds is 4. The molecule has 16 heavy (non-hydrogen) atoms. The minimum Gasteiger partial charge on any atom is -0.479 e. The first-order valence-corrected chi connectivity index (χ1v) is 6.01. The van der Waals surface area contributed by atoms with Crippen molar-refractivity contribution >= 4 is 28.9 Å². The Bertz CT molecular complexity index is 326. The van der Waals surface area contributed by atoms with Crippen LogP contribution in [-0.2, 0) is 9.59 Å². The molecule has 5 nitrogen and oxygen atoms in total. The molecule has 0 aromatic rings. The molecule has 1 rings (SSSR count). The molecule has 0 aromatic carbocycles. The van der Waals surface area contributed by atoms with Gasteiger partial charge in [-0.2, -0.15) is 0 Å². The Morgan fingerprint density at radius 2 is 2.12 bits per heavy atom. The second-order valence-electron chi connectivity index (χ2n) is 4.46. The van der Waals surface area contributed by atoms with E-state index in [1.807, 2.05) is 13.8 Å². The third-order valence-electron chi connectivity index (χ3n) is 2.51. The first kappa shape index (κ1) is 13.0. The summed E-state index contributed by atoms with van der Waals surface area (Å²) in [6.07, 6.45) is 0.264. The van der Waals surface area contributed by atoms with Gasteiger partial charge in [0.05, 0.1) is 5.75 Å². The molecule has 0 radical (unpaired) electrons. The zero-order chi connectivity index (χ0) is 12.5. The van der Waals surface area contributed by atoms with E-state index in [4.69, 9.17) is 0 Å². The van der Waals surface area contributed by atoms with Crippen LogP contribution in [0.2, 0.25) is 0 Å². The smallest absolute Gasteiger partial charge is 0.329 e. The molecule has 1 unspecified atom stereocenters.